The summed E-state index contributed by atoms with van der Waals surface area (Å²) < 4.78 is 25.9. The maximum Gasteiger partial charge on any atom is 0.330 e. The quantitative estimate of drug-likeness (QED) is 0.470. The number of nitrogens with zero attached hydrogens (tertiary/aromatic N) is 2. The van der Waals surface area contributed by atoms with E-state index in [9.17, 15) is 4.79 Å². The van der Waals surface area contributed by atoms with Crippen molar-refractivity contribution in [3.05, 3.63) is 54.1 Å². The molecule has 0 saturated heterocycles. The van der Waals surface area contributed by atoms with E-state index in [-0.39, 0.29) is 6.61 Å². The molecule has 0 saturated carbocycles. The monoisotopic (exact) mass is 356 g/mol. The fourth-order valence-corrected chi connectivity index (χ4v) is 2.10. The molecule has 2 heterocycles. The van der Waals surface area contributed by atoms with Crippen molar-refractivity contribution < 1.29 is 27.9 Å². The third-order valence-electron chi connectivity index (χ3n) is 3.36. The van der Waals surface area contributed by atoms with E-state index in [0.29, 0.717) is 29.0 Å². The van der Waals surface area contributed by atoms with Crippen LogP contribution in [-0.2, 0) is 16.1 Å². The highest BCUT2D eigenvalue weighted by molar-refractivity contribution is 5.87. The number of hydrogen-bond donors (Lipinski definition) is 0. The van der Waals surface area contributed by atoms with Crippen LogP contribution in [-0.4, -0.2) is 30.3 Å². The van der Waals surface area contributed by atoms with Gasteiger partial charge in [0.1, 0.15) is 0 Å². The molecule has 8 heteroatoms. The highest BCUT2D eigenvalue weighted by Crippen LogP contribution is 2.29. The number of methoxy groups -OCH3 is 2. The first-order valence-electron chi connectivity index (χ1n) is 7.63. The third kappa shape index (κ3) is 4.10. The van der Waals surface area contributed by atoms with Crippen LogP contribution in [0.25, 0.3) is 17.7 Å². The van der Waals surface area contributed by atoms with Gasteiger partial charge in [0.15, 0.2) is 23.9 Å². The standard InChI is InChI=1S/C18H16N2O6/c1-22-15-10-12(6-8-17(21)23-2)5-7-13(15)25-11-16-19-18(20-26-16)14-4-3-9-24-14/h3-10H,11H2,1-2H3. The Hall–Kier alpha value is -3.55. The Morgan fingerprint density at radius 1 is 1.23 bits per heavy atom. The molecule has 0 unspecified atom stereocenters. The summed E-state index contributed by atoms with van der Waals surface area (Å²) in [6.07, 6.45) is 4.47. The van der Waals surface area contributed by atoms with Gasteiger partial charge in [0.2, 0.25) is 5.82 Å². The maximum absolute atomic E-state index is 11.2. The predicted octanol–water partition coefficient (Wildman–Crippen LogP) is 3.10. The smallest absolute Gasteiger partial charge is 0.330 e. The van der Waals surface area contributed by atoms with Crippen molar-refractivity contribution in [2.75, 3.05) is 14.2 Å². The van der Waals surface area contributed by atoms with Gasteiger partial charge in [0, 0.05) is 6.08 Å². The lowest BCUT2D eigenvalue weighted by Gasteiger charge is -2.09. The molecule has 8 nitrogen and oxygen atoms in total. The van der Waals surface area contributed by atoms with Gasteiger partial charge in [0.05, 0.1) is 20.5 Å². The molecule has 0 atom stereocenters. The Kier molecular flexibility index (Phi) is 5.33. The zero-order valence-electron chi connectivity index (χ0n) is 14.2. The average molecular weight is 356 g/mol. The number of esters is 1. The van der Waals surface area contributed by atoms with E-state index in [4.69, 9.17) is 18.4 Å². The van der Waals surface area contributed by atoms with Gasteiger partial charge in [-0.1, -0.05) is 11.2 Å². The molecule has 134 valence electrons. The van der Waals surface area contributed by atoms with Crippen LogP contribution < -0.4 is 9.47 Å². The Balaban J connectivity index is 1.68. The maximum atomic E-state index is 11.2. The highest BCUT2D eigenvalue weighted by atomic mass is 16.5. The number of hydrogen-bond acceptors (Lipinski definition) is 8. The molecule has 1 aromatic carbocycles. The van der Waals surface area contributed by atoms with Gasteiger partial charge in [-0.25, -0.2) is 4.79 Å². The molecule has 0 aliphatic heterocycles. The molecule has 0 N–H and O–H groups in total. The molecule has 2 aromatic heterocycles. The Labute approximate surface area is 149 Å². The van der Waals surface area contributed by atoms with Crippen LogP contribution >= 0.6 is 0 Å². The van der Waals surface area contributed by atoms with Crippen LogP contribution in [0.15, 0.2) is 51.6 Å². The van der Waals surface area contributed by atoms with Crippen molar-refractivity contribution in [3.63, 3.8) is 0 Å². The summed E-state index contributed by atoms with van der Waals surface area (Å²) in [5, 5.41) is 3.83. The lowest BCUT2D eigenvalue weighted by molar-refractivity contribution is -0.134. The molecule has 0 fully saturated rings. The molecule has 3 rings (SSSR count). The number of ether oxygens (including phenoxy) is 3. The summed E-state index contributed by atoms with van der Waals surface area (Å²) in [6.45, 7) is 0.0708. The van der Waals surface area contributed by atoms with Gasteiger partial charge in [-0.2, -0.15) is 4.98 Å². The van der Waals surface area contributed by atoms with E-state index in [1.54, 1.807) is 36.4 Å². The van der Waals surface area contributed by atoms with Crippen LogP contribution in [0, 0.1) is 0 Å². The second-order valence-electron chi connectivity index (χ2n) is 5.04. The molecule has 0 aliphatic rings. The van der Waals surface area contributed by atoms with Gasteiger partial charge in [-0.15, -0.1) is 0 Å². The minimum Gasteiger partial charge on any atom is -0.493 e. The molecule has 0 spiro atoms. The van der Waals surface area contributed by atoms with Crippen LogP contribution in [0.5, 0.6) is 11.5 Å². The average Bonchev–Trinajstić information content (AvgIpc) is 3.36. The third-order valence-corrected chi connectivity index (χ3v) is 3.36. The molecular weight excluding hydrogens is 340 g/mol. The van der Waals surface area contributed by atoms with E-state index in [1.165, 1.54) is 26.6 Å². The lowest BCUT2D eigenvalue weighted by Crippen LogP contribution is -1.98. The number of benzene rings is 1. The molecule has 26 heavy (non-hydrogen) atoms. The predicted molar refractivity (Wildman–Crippen MR) is 90.4 cm³/mol. The summed E-state index contributed by atoms with van der Waals surface area (Å²) >= 11 is 0. The molecule has 3 aromatic rings. The van der Waals surface area contributed by atoms with Crippen molar-refractivity contribution in [2.24, 2.45) is 0 Å². The molecule has 0 aliphatic carbocycles. The van der Waals surface area contributed by atoms with Crippen LogP contribution in [0.4, 0.5) is 0 Å². The van der Waals surface area contributed by atoms with Crippen molar-refractivity contribution >= 4 is 12.0 Å². The summed E-state index contributed by atoms with van der Waals surface area (Å²) in [6, 6.07) is 8.71. The van der Waals surface area contributed by atoms with Crippen LogP contribution in [0.3, 0.4) is 0 Å². The van der Waals surface area contributed by atoms with Crippen molar-refractivity contribution in [3.8, 4) is 23.1 Å². The Bertz CT molecular complexity index is 898. The minimum atomic E-state index is -0.437. The zero-order valence-corrected chi connectivity index (χ0v) is 14.2. The van der Waals surface area contributed by atoms with E-state index in [0.717, 1.165) is 5.56 Å². The summed E-state index contributed by atoms with van der Waals surface area (Å²) in [5.74, 6) is 1.73. The largest absolute Gasteiger partial charge is 0.493 e. The molecule has 0 radical (unpaired) electrons. The topological polar surface area (TPSA) is 96.8 Å². The normalized spacial score (nSPS) is 10.8. The second-order valence-corrected chi connectivity index (χ2v) is 5.04. The van der Waals surface area contributed by atoms with Gasteiger partial charge in [-0.3, -0.25) is 0 Å². The van der Waals surface area contributed by atoms with Crippen LogP contribution in [0.2, 0.25) is 0 Å². The SMILES string of the molecule is COC(=O)C=Cc1ccc(OCc2nc(-c3ccco3)no2)c(OC)c1. The lowest BCUT2D eigenvalue weighted by atomic mass is 10.2. The Morgan fingerprint density at radius 3 is 2.85 bits per heavy atom. The van der Waals surface area contributed by atoms with Gasteiger partial charge < -0.3 is 23.2 Å². The van der Waals surface area contributed by atoms with Crippen molar-refractivity contribution in [2.45, 2.75) is 6.61 Å². The minimum absolute atomic E-state index is 0.0708. The number of carbonyl (C=O) groups is 1. The molecule has 0 bridgehead atoms. The molecule has 0 amide bonds. The number of rotatable bonds is 7. The highest BCUT2D eigenvalue weighted by Gasteiger charge is 2.12. The van der Waals surface area contributed by atoms with E-state index in [2.05, 4.69) is 14.9 Å². The first-order chi connectivity index (χ1) is 12.7. The van der Waals surface area contributed by atoms with Crippen LogP contribution in [0.1, 0.15) is 11.5 Å². The number of furan rings is 1. The van der Waals surface area contributed by atoms with E-state index >= 15 is 0 Å². The Morgan fingerprint density at radius 2 is 2.12 bits per heavy atom. The number of aromatic nitrogens is 2. The first-order valence-corrected chi connectivity index (χ1v) is 7.63. The fourth-order valence-electron chi connectivity index (χ4n) is 2.10. The van der Waals surface area contributed by atoms with E-state index in [1.807, 2.05) is 0 Å². The number of carbonyl (C=O) groups excluding carboxylic acids is 1. The van der Waals surface area contributed by atoms with Crippen molar-refractivity contribution in [1.82, 2.24) is 10.1 Å². The van der Waals surface area contributed by atoms with E-state index < -0.39 is 5.97 Å². The first kappa shape index (κ1) is 17.3. The van der Waals surface area contributed by atoms with Crippen molar-refractivity contribution in [1.29, 1.82) is 0 Å². The van der Waals surface area contributed by atoms with Gasteiger partial charge in [0.25, 0.3) is 5.89 Å². The summed E-state index contributed by atoms with van der Waals surface area (Å²) in [5.41, 5.74) is 0.762. The van der Waals surface area contributed by atoms with Gasteiger partial charge >= 0.3 is 5.97 Å². The second kappa shape index (κ2) is 8.02. The zero-order chi connectivity index (χ0) is 18.4. The fraction of sp³-hybridized carbons (Fsp3) is 0.167. The molecular formula is C18H16N2O6. The summed E-state index contributed by atoms with van der Waals surface area (Å²) in [7, 11) is 2.84. The summed E-state index contributed by atoms with van der Waals surface area (Å²) in [4.78, 5) is 15.4. The van der Waals surface area contributed by atoms with Gasteiger partial charge in [-0.05, 0) is 35.9 Å².